The minimum atomic E-state index is 0. The molecule has 106 heavy (non-hydrogen) atoms. The molecule has 0 fully saturated rings. The van der Waals surface area contributed by atoms with Crippen molar-refractivity contribution in [2.75, 3.05) is 64.0 Å². The van der Waals surface area contributed by atoms with Gasteiger partial charge in [0.05, 0.1) is 39.9 Å². The fourth-order valence-electron chi connectivity index (χ4n) is 10.1. The number of nitrogens with zero attached hydrogens (tertiary/aromatic N) is 9. The number of allylic oxidation sites excluding steroid dienone is 5. The molecule has 5 aliphatic rings. The maximum absolute atomic E-state index is 4.74. The van der Waals surface area contributed by atoms with Gasteiger partial charge in [0, 0.05) is 102 Å². The first-order valence-electron chi connectivity index (χ1n) is 38.1. The molecule has 0 spiro atoms. The van der Waals surface area contributed by atoms with Crippen LogP contribution in [0.15, 0.2) is 255 Å². The Hall–Kier alpha value is -9.05. The smallest absolute Gasteiger partial charge is 0.0669 e. The molecule has 0 saturated carbocycles. The first kappa shape index (κ1) is 110. The van der Waals surface area contributed by atoms with Gasteiger partial charge in [-0.25, -0.2) is 0 Å². The van der Waals surface area contributed by atoms with Gasteiger partial charge in [0.1, 0.15) is 0 Å². The van der Waals surface area contributed by atoms with E-state index in [1.54, 1.807) is 0 Å². The lowest BCUT2D eigenvalue weighted by atomic mass is 9.92. The number of hydrogen-bond acceptors (Lipinski definition) is 9. The molecule has 0 aromatic heterocycles. The Morgan fingerprint density at radius 3 is 1.06 bits per heavy atom. The Labute approximate surface area is 655 Å². The molecule has 0 saturated heterocycles. The number of hydrogen-bond donors (Lipinski definition) is 0. The molecule has 0 N–H and O–H groups in total. The lowest BCUT2D eigenvalue weighted by Crippen LogP contribution is -2.34. The molecule has 0 bridgehead atoms. The molecule has 3 heterocycles. The number of anilines is 3. The van der Waals surface area contributed by atoms with Crippen LogP contribution in [-0.2, 0) is 19.3 Å². The van der Waals surface area contributed by atoms with Gasteiger partial charge >= 0.3 is 0 Å². The second-order valence-electron chi connectivity index (χ2n) is 21.0. The second-order valence-corrected chi connectivity index (χ2v) is 21.0. The van der Waals surface area contributed by atoms with E-state index in [0.29, 0.717) is 18.0 Å². The third kappa shape index (κ3) is 36.8. The quantitative estimate of drug-likeness (QED) is 0.121. The van der Waals surface area contributed by atoms with Gasteiger partial charge in [0.25, 0.3) is 0 Å². The Balaban J connectivity index is -0.000000240. The number of rotatable bonds is 11. The average molecular weight is 1450 g/mol. The van der Waals surface area contributed by atoms with E-state index < -0.39 is 0 Å². The van der Waals surface area contributed by atoms with E-state index in [9.17, 15) is 0 Å². The summed E-state index contributed by atoms with van der Waals surface area (Å²) in [6.07, 6.45) is 26.2. The summed E-state index contributed by atoms with van der Waals surface area (Å²) in [6, 6.07) is 59.5. The SMILES string of the molecule is C.C.C.C.C.CC.CC.CC.CC.CC.CC.CC.CC.CC.CC.CC.CN(C)C1C=CC(=CN=C2C=CC(C3Cc4ccccc4N3C)C=C2)C=C1.CN(C)c1ccc(C=Nc2ccc(C3=Nc4ccccc4C3)cc2)cc1.CN(C)c1ccc(C=Nc2ccc(C3=Nc4ccccc4C3)cc2)cc1. The van der Waals surface area contributed by atoms with Crippen LogP contribution >= 0.6 is 0 Å². The van der Waals surface area contributed by atoms with Crippen LogP contribution in [-0.4, -0.2) is 95.9 Å². The summed E-state index contributed by atoms with van der Waals surface area (Å²) in [4.78, 5) is 32.1. The van der Waals surface area contributed by atoms with Gasteiger partial charge in [-0.1, -0.05) is 329 Å². The van der Waals surface area contributed by atoms with Crippen molar-refractivity contribution in [1.29, 1.82) is 0 Å². The van der Waals surface area contributed by atoms with Gasteiger partial charge in [0.15, 0.2) is 0 Å². The molecule has 12 rings (SSSR count). The van der Waals surface area contributed by atoms with E-state index in [1.165, 1.54) is 33.8 Å². The zero-order valence-corrected chi connectivity index (χ0v) is 68.4. The third-order valence-corrected chi connectivity index (χ3v) is 14.8. The molecule has 0 radical (unpaired) electrons. The molecule has 3 aliphatic heterocycles. The normalized spacial score (nSPS) is 13.6. The maximum Gasteiger partial charge on any atom is 0.0669 e. The van der Waals surface area contributed by atoms with E-state index in [2.05, 4.69) is 238 Å². The molecular formula is C97H155N9. The van der Waals surface area contributed by atoms with Crippen LogP contribution in [0.5, 0.6) is 0 Å². The third-order valence-electron chi connectivity index (χ3n) is 14.8. The fraction of sp³-hybridized carbons (Fsp3) is 0.412. The predicted molar refractivity (Wildman–Crippen MR) is 495 cm³/mol. The largest absolute Gasteiger partial charge is 0.378 e. The van der Waals surface area contributed by atoms with E-state index in [4.69, 9.17) is 9.98 Å². The highest BCUT2D eigenvalue weighted by molar-refractivity contribution is 6.08. The lowest BCUT2D eigenvalue weighted by Gasteiger charge is -2.28. The highest BCUT2D eigenvalue weighted by atomic mass is 15.2. The highest BCUT2D eigenvalue weighted by Gasteiger charge is 2.31. The van der Waals surface area contributed by atoms with E-state index in [1.807, 2.05) is 236 Å². The molecule has 2 aliphatic carbocycles. The molecule has 1 unspecified atom stereocenters. The van der Waals surface area contributed by atoms with Crippen molar-refractivity contribution >= 4 is 69.4 Å². The van der Waals surface area contributed by atoms with Crippen molar-refractivity contribution in [3.8, 4) is 0 Å². The Bertz CT molecular complexity index is 3370. The predicted octanol–water partition coefficient (Wildman–Crippen LogP) is 29.0. The summed E-state index contributed by atoms with van der Waals surface area (Å²) in [5, 5.41) is 0. The van der Waals surface area contributed by atoms with Gasteiger partial charge < -0.3 is 14.7 Å². The van der Waals surface area contributed by atoms with Crippen LogP contribution in [0.4, 0.5) is 39.8 Å². The Morgan fingerprint density at radius 1 is 0.387 bits per heavy atom. The van der Waals surface area contributed by atoms with Crippen molar-refractivity contribution in [2.24, 2.45) is 30.9 Å². The van der Waals surface area contributed by atoms with Crippen LogP contribution in [0.25, 0.3) is 0 Å². The van der Waals surface area contributed by atoms with Crippen LogP contribution < -0.4 is 14.7 Å². The minimum absolute atomic E-state index is 0. The topological polar surface area (TPSA) is 74.8 Å². The number of para-hydroxylation sites is 3. The highest BCUT2D eigenvalue weighted by Crippen LogP contribution is 2.36. The number of aliphatic imine (C=N–C) groups is 5. The number of fused-ring (bicyclic) bond motifs is 3. The molecule has 9 nitrogen and oxygen atoms in total. The molecule has 0 amide bonds. The van der Waals surface area contributed by atoms with Crippen molar-refractivity contribution in [2.45, 2.75) is 221 Å². The summed E-state index contributed by atoms with van der Waals surface area (Å²) in [5.41, 5.74) is 20.7. The van der Waals surface area contributed by atoms with Crippen LogP contribution in [0.1, 0.15) is 228 Å². The van der Waals surface area contributed by atoms with E-state index in [0.717, 1.165) is 87.0 Å². The molecule has 7 aromatic carbocycles. The minimum Gasteiger partial charge on any atom is -0.378 e. The first-order chi connectivity index (χ1) is 49.5. The summed E-state index contributed by atoms with van der Waals surface area (Å²) in [6.45, 7) is 44.0. The van der Waals surface area contributed by atoms with Gasteiger partial charge in [-0.05, 0) is 144 Å². The first-order valence-corrected chi connectivity index (χ1v) is 38.1. The van der Waals surface area contributed by atoms with Gasteiger partial charge in [-0.3, -0.25) is 29.9 Å². The van der Waals surface area contributed by atoms with Gasteiger partial charge in [-0.2, -0.15) is 0 Å². The fourth-order valence-corrected chi connectivity index (χ4v) is 10.1. The molecule has 588 valence electrons. The van der Waals surface area contributed by atoms with Gasteiger partial charge in [0.2, 0.25) is 0 Å². The summed E-state index contributed by atoms with van der Waals surface area (Å²) in [5.74, 6) is 0.421. The Morgan fingerprint density at radius 2 is 0.726 bits per heavy atom. The molecular weight excluding hydrogens is 1290 g/mol. The van der Waals surface area contributed by atoms with Crippen LogP contribution in [0.2, 0.25) is 0 Å². The summed E-state index contributed by atoms with van der Waals surface area (Å²) >= 11 is 0. The van der Waals surface area contributed by atoms with Crippen LogP contribution in [0, 0.1) is 5.92 Å². The van der Waals surface area contributed by atoms with Crippen LogP contribution in [0.3, 0.4) is 0 Å². The van der Waals surface area contributed by atoms with Crippen molar-refractivity contribution in [1.82, 2.24) is 4.90 Å². The maximum atomic E-state index is 4.74. The molecule has 9 heteroatoms. The standard InChI is InChI=1S/C24H27N3.2C23H21N3.11C2H6.5CH4/c1-26(2)22-14-8-18(9-15-22)17-25-21-12-10-19(11-13-21)24-16-20-6-4-5-7-23(20)27(24)3;2*1-26(2)21-13-7-17(8-14-21)16-24-20-11-9-18(10-12-20)23-15-19-5-3-4-6-22(19)25-23;11*1-2;;;;;/h4-15,17,19,22,24H,16H2,1-3H3;2*3-14,16H,15H2,1-2H3;11*1-2H3;5*1H4. The Kier molecular flexibility index (Phi) is 70.6. The lowest BCUT2D eigenvalue weighted by molar-refractivity contribution is 0.390. The number of benzene rings is 7. The zero-order chi connectivity index (χ0) is 76.7. The monoisotopic (exact) mass is 1450 g/mol. The second kappa shape index (κ2) is 67.8. The van der Waals surface area contributed by atoms with Crippen molar-refractivity contribution in [3.05, 3.63) is 269 Å². The summed E-state index contributed by atoms with van der Waals surface area (Å²) < 4.78 is 0. The van der Waals surface area contributed by atoms with E-state index in [-0.39, 0.29) is 37.1 Å². The molecule has 7 aromatic rings. The average Bonchev–Trinajstić information content (AvgIpc) is 1.66. The van der Waals surface area contributed by atoms with E-state index >= 15 is 0 Å². The molecule has 1 atom stereocenters. The zero-order valence-electron chi connectivity index (χ0n) is 68.4. The van der Waals surface area contributed by atoms with Crippen molar-refractivity contribution < 1.29 is 0 Å². The number of likely N-dealkylation sites (N-methyl/N-ethyl adjacent to an activating group) is 2. The summed E-state index contributed by atoms with van der Waals surface area (Å²) in [7, 11) is 14.5. The van der Waals surface area contributed by atoms with Gasteiger partial charge in [-0.15, -0.1) is 0 Å². The van der Waals surface area contributed by atoms with Crippen molar-refractivity contribution in [3.63, 3.8) is 0 Å².